The average Bonchev–Trinajstić information content (AvgIpc) is 3.00. The summed E-state index contributed by atoms with van der Waals surface area (Å²) in [5.41, 5.74) is 2.82. The quantitative estimate of drug-likeness (QED) is 0.135. The number of nitrogens with one attached hydrogen (secondary N) is 2. The molecule has 0 radical (unpaired) electrons. The first-order valence-electron chi connectivity index (χ1n) is 12.6. The molecule has 218 valence electrons. The Labute approximate surface area is 242 Å². The van der Waals surface area contributed by atoms with Gasteiger partial charge in [-0.05, 0) is 23.3 Å². The molecule has 0 bridgehead atoms. The molecule has 4 aromatic rings. The molecule has 0 spiro atoms. The highest BCUT2D eigenvalue weighted by Crippen LogP contribution is 2.35. The molecule has 0 atom stereocenters. The Morgan fingerprint density at radius 1 is 0.738 bits per heavy atom. The molecule has 1 fully saturated rings. The average molecular weight is 611 g/mol. The number of ether oxygens (including phenoxy) is 1. The molecule has 1 aliphatic heterocycles. The second-order valence-electron chi connectivity index (χ2n) is 8.88. The molecular formula is C27H26N6O7S2. The predicted molar refractivity (Wildman–Crippen MR) is 157 cm³/mol. The standard InChI is InChI=1S/C27H26N6O7S2/c34-41(35,36)23(20-10-4-1-5-11-20)24(21-12-6-2-7-13-21)42(37,38)40-32-26-29-25(28-22-14-8-3-9-15-22)30-27(31-26)33-16-18-39-19-17-33/h1-15H,16-19H2,(H,34,35,36)(H2,28,29,30,31,32). The van der Waals surface area contributed by atoms with E-state index in [1.54, 1.807) is 24.3 Å². The SMILES string of the molecule is O=S(=O)(O)C(=C(c1ccccc1)S(=O)(=O)ONc1nc(Nc2ccccc2)nc(N2CCOCC2)n1)c1ccccc1. The van der Waals surface area contributed by atoms with Crippen molar-refractivity contribution >= 4 is 53.6 Å². The number of para-hydroxylation sites is 1. The Balaban J connectivity index is 1.55. The van der Waals surface area contributed by atoms with Gasteiger partial charge >= 0.3 is 10.1 Å². The monoisotopic (exact) mass is 610 g/mol. The first-order valence-corrected chi connectivity index (χ1v) is 15.5. The van der Waals surface area contributed by atoms with Gasteiger partial charge in [0, 0.05) is 18.8 Å². The summed E-state index contributed by atoms with van der Waals surface area (Å²) in [5.74, 6) is 0.0638. The molecule has 42 heavy (non-hydrogen) atoms. The van der Waals surface area contributed by atoms with E-state index in [1.807, 2.05) is 23.1 Å². The van der Waals surface area contributed by atoms with Crippen LogP contribution in [-0.2, 0) is 29.3 Å². The van der Waals surface area contributed by atoms with Crippen molar-refractivity contribution in [1.29, 1.82) is 0 Å². The van der Waals surface area contributed by atoms with Crippen LogP contribution in [0.4, 0.5) is 23.5 Å². The summed E-state index contributed by atoms with van der Waals surface area (Å²) in [6.45, 7) is 1.87. The second-order valence-corrected chi connectivity index (χ2v) is 11.7. The van der Waals surface area contributed by atoms with E-state index in [0.29, 0.717) is 32.0 Å². The molecule has 0 aliphatic carbocycles. The van der Waals surface area contributed by atoms with Crippen LogP contribution in [0, 0.1) is 0 Å². The normalized spacial score (nSPS) is 14.6. The fourth-order valence-electron chi connectivity index (χ4n) is 4.12. The summed E-state index contributed by atoms with van der Waals surface area (Å²) in [6.07, 6.45) is 0. The molecule has 0 saturated carbocycles. The maximum absolute atomic E-state index is 13.7. The first-order chi connectivity index (χ1) is 20.2. The van der Waals surface area contributed by atoms with E-state index in [1.165, 1.54) is 48.5 Å². The van der Waals surface area contributed by atoms with Crippen molar-refractivity contribution in [2.45, 2.75) is 0 Å². The molecule has 15 heteroatoms. The van der Waals surface area contributed by atoms with Crippen molar-refractivity contribution in [2.24, 2.45) is 0 Å². The maximum Gasteiger partial charge on any atom is 0.319 e. The van der Waals surface area contributed by atoms with Gasteiger partial charge in [0.1, 0.15) is 9.81 Å². The summed E-state index contributed by atoms with van der Waals surface area (Å²) >= 11 is 0. The molecule has 13 nitrogen and oxygen atoms in total. The molecule has 1 aliphatic rings. The van der Waals surface area contributed by atoms with Crippen LogP contribution in [0.25, 0.3) is 9.81 Å². The minimum atomic E-state index is -5.07. The molecule has 3 N–H and O–H groups in total. The van der Waals surface area contributed by atoms with E-state index in [4.69, 9.17) is 9.02 Å². The number of aromatic nitrogens is 3. The maximum atomic E-state index is 13.7. The van der Waals surface area contributed by atoms with E-state index >= 15 is 0 Å². The van der Waals surface area contributed by atoms with Crippen LogP contribution >= 0.6 is 0 Å². The van der Waals surface area contributed by atoms with Crippen molar-refractivity contribution in [3.05, 3.63) is 102 Å². The number of hydrogen-bond donors (Lipinski definition) is 3. The molecule has 0 unspecified atom stereocenters. The Morgan fingerprint density at radius 2 is 1.26 bits per heavy atom. The Morgan fingerprint density at radius 3 is 1.83 bits per heavy atom. The van der Waals surface area contributed by atoms with Crippen LogP contribution in [0.15, 0.2) is 91.0 Å². The largest absolute Gasteiger partial charge is 0.378 e. The van der Waals surface area contributed by atoms with E-state index in [-0.39, 0.29) is 29.0 Å². The van der Waals surface area contributed by atoms with Crippen LogP contribution in [0.3, 0.4) is 0 Å². The molecule has 1 aromatic heterocycles. The van der Waals surface area contributed by atoms with Gasteiger partial charge in [-0.15, -0.1) is 4.28 Å². The lowest BCUT2D eigenvalue weighted by Crippen LogP contribution is -2.37. The van der Waals surface area contributed by atoms with Crippen LogP contribution in [0.5, 0.6) is 0 Å². The number of rotatable bonds is 10. The lowest BCUT2D eigenvalue weighted by atomic mass is 10.1. The summed E-state index contributed by atoms with van der Waals surface area (Å²) in [4.78, 5) is 13.2. The van der Waals surface area contributed by atoms with Crippen molar-refractivity contribution < 1.29 is 30.4 Å². The van der Waals surface area contributed by atoms with Crippen molar-refractivity contribution in [1.82, 2.24) is 15.0 Å². The van der Waals surface area contributed by atoms with Crippen LogP contribution in [0.1, 0.15) is 11.1 Å². The fraction of sp³-hybridized carbons (Fsp3) is 0.148. The van der Waals surface area contributed by atoms with Crippen LogP contribution in [0.2, 0.25) is 0 Å². The fourth-order valence-corrected chi connectivity index (χ4v) is 6.57. The van der Waals surface area contributed by atoms with Gasteiger partial charge in [0.15, 0.2) is 0 Å². The zero-order valence-corrected chi connectivity index (χ0v) is 23.6. The molecule has 5 rings (SSSR count). The summed E-state index contributed by atoms with van der Waals surface area (Å²) in [7, 11) is -10.0. The van der Waals surface area contributed by atoms with Gasteiger partial charge in [0.2, 0.25) is 11.9 Å². The third-order valence-electron chi connectivity index (χ3n) is 5.98. The zero-order chi connectivity index (χ0) is 29.6. The highest BCUT2D eigenvalue weighted by molar-refractivity contribution is 8.01. The minimum absolute atomic E-state index is 0.0353. The first kappa shape index (κ1) is 29.1. The summed E-state index contributed by atoms with van der Waals surface area (Å²) in [6, 6.07) is 23.9. The number of nitrogens with zero attached hydrogens (tertiary/aromatic N) is 4. The van der Waals surface area contributed by atoms with Crippen molar-refractivity contribution in [3.63, 3.8) is 0 Å². The van der Waals surface area contributed by atoms with E-state index in [9.17, 15) is 21.4 Å². The Bertz CT molecular complexity index is 1770. The smallest absolute Gasteiger partial charge is 0.319 e. The van der Waals surface area contributed by atoms with Crippen LogP contribution < -0.4 is 15.7 Å². The summed E-state index contributed by atoms with van der Waals surface area (Å²) in [5, 5.41) is 3.04. The van der Waals surface area contributed by atoms with Gasteiger partial charge in [-0.1, -0.05) is 78.9 Å². The highest BCUT2D eigenvalue weighted by Gasteiger charge is 2.33. The predicted octanol–water partition coefficient (Wildman–Crippen LogP) is 3.54. The topological polar surface area (TPSA) is 173 Å². The number of anilines is 4. The number of morpholine rings is 1. The number of benzene rings is 3. The Kier molecular flexibility index (Phi) is 8.75. The van der Waals surface area contributed by atoms with E-state index in [2.05, 4.69) is 25.7 Å². The van der Waals surface area contributed by atoms with Crippen LogP contribution in [-0.4, -0.2) is 62.6 Å². The lowest BCUT2D eigenvalue weighted by Gasteiger charge is -2.27. The molecule has 2 heterocycles. The minimum Gasteiger partial charge on any atom is -0.378 e. The summed E-state index contributed by atoms with van der Waals surface area (Å²) < 4.78 is 73.3. The second kappa shape index (κ2) is 12.6. The van der Waals surface area contributed by atoms with Crippen molar-refractivity contribution in [3.8, 4) is 0 Å². The third-order valence-corrected chi connectivity index (χ3v) is 8.30. The van der Waals surface area contributed by atoms with E-state index in [0.717, 1.165) is 0 Å². The molecule has 0 amide bonds. The zero-order valence-electron chi connectivity index (χ0n) is 22.0. The van der Waals surface area contributed by atoms with Gasteiger partial charge < -0.3 is 15.0 Å². The van der Waals surface area contributed by atoms with Gasteiger partial charge in [-0.2, -0.15) is 31.8 Å². The van der Waals surface area contributed by atoms with Gasteiger partial charge in [-0.25, -0.2) is 5.48 Å². The van der Waals surface area contributed by atoms with Gasteiger partial charge in [-0.3, -0.25) is 4.55 Å². The molecular weight excluding hydrogens is 584 g/mol. The highest BCUT2D eigenvalue weighted by atomic mass is 32.2. The van der Waals surface area contributed by atoms with Crippen molar-refractivity contribution in [2.75, 3.05) is 42.0 Å². The molecule has 3 aromatic carbocycles. The third kappa shape index (κ3) is 7.07. The lowest BCUT2D eigenvalue weighted by molar-refractivity contribution is 0.122. The van der Waals surface area contributed by atoms with Gasteiger partial charge in [0.25, 0.3) is 16.1 Å². The number of hydrogen-bond acceptors (Lipinski definition) is 12. The van der Waals surface area contributed by atoms with E-state index < -0.39 is 30.0 Å². The molecule has 1 saturated heterocycles. The Hall–Kier alpha value is -4.41. The van der Waals surface area contributed by atoms with Gasteiger partial charge in [0.05, 0.1) is 13.2 Å².